The molecule has 0 rings (SSSR count). The Balaban J connectivity index is 4.57. The van der Waals surface area contributed by atoms with Crippen molar-refractivity contribution in [2.45, 2.75) is 46.2 Å². The van der Waals surface area contributed by atoms with Crippen molar-refractivity contribution in [3.05, 3.63) is 0 Å². The molecule has 0 aromatic heterocycles. The molecule has 16 heavy (non-hydrogen) atoms. The standard InChI is InChI=1S/C9H20N2O4S/c1-6(2)5-8(9(12)13)11-16(14,15)10-7(3)4/h6-8,10-11H,5H2,1-4H3,(H,12,13)/t8-/m0/s1. The Kier molecular flexibility index (Phi) is 5.91. The monoisotopic (exact) mass is 252 g/mol. The number of hydrogen-bond acceptors (Lipinski definition) is 3. The summed E-state index contributed by atoms with van der Waals surface area (Å²) in [6, 6.07) is -1.36. The smallest absolute Gasteiger partial charge is 0.321 e. The van der Waals surface area contributed by atoms with Gasteiger partial charge < -0.3 is 5.11 Å². The van der Waals surface area contributed by atoms with E-state index in [1.54, 1.807) is 13.8 Å². The molecule has 0 aliphatic rings. The number of nitrogens with one attached hydrogen (secondary N) is 2. The summed E-state index contributed by atoms with van der Waals surface area (Å²) in [7, 11) is -3.75. The Bertz CT molecular complexity index is 324. The summed E-state index contributed by atoms with van der Waals surface area (Å²) < 4.78 is 27.3. The quantitative estimate of drug-likeness (QED) is 0.608. The van der Waals surface area contributed by atoms with E-state index in [2.05, 4.69) is 9.44 Å². The van der Waals surface area contributed by atoms with Crippen LogP contribution in [-0.4, -0.2) is 31.6 Å². The van der Waals surface area contributed by atoms with Crippen molar-refractivity contribution >= 4 is 16.2 Å². The molecule has 7 heteroatoms. The van der Waals surface area contributed by atoms with E-state index in [9.17, 15) is 13.2 Å². The fraction of sp³-hybridized carbons (Fsp3) is 0.889. The zero-order valence-corrected chi connectivity index (χ0v) is 10.8. The van der Waals surface area contributed by atoms with Crippen LogP contribution >= 0.6 is 0 Å². The van der Waals surface area contributed by atoms with E-state index >= 15 is 0 Å². The Labute approximate surface area is 96.6 Å². The zero-order valence-electron chi connectivity index (χ0n) is 10.0. The first-order chi connectivity index (χ1) is 7.14. The van der Waals surface area contributed by atoms with Gasteiger partial charge in [0, 0.05) is 6.04 Å². The van der Waals surface area contributed by atoms with E-state index in [1.165, 1.54) is 0 Å². The van der Waals surface area contributed by atoms with Crippen LogP contribution in [0.2, 0.25) is 0 Å². The van der Waals surface area contributed by atoms with E-state index in [0.29, 0.717) is 0 Å². The molecule has 0 heterocycles. The summed E-state index contributed by atoms with van der Waals surface area (Å²) in [5.74, 6) is -1.06. The van der Waals surface area contributed by atoms with Crippen molar-refractivity contribution in [3.63, 3.8) is 0 Å². The SMILES string of the molecule is CC(C)C[C@H](NS(=O)(=O)NC(C)C)C(=O)O. The van der Waals surface area contributed by atoms with Gasteiger partial charge >= 0.3 is 5.97 Å². The molecule has 1 atom stereocenters. The minimum Gasteiger partial charge on any atom is -0.480 e. The number of rotatable bonds is 7. The Morgan fingerprint density at radius 1 is 1.19 bits per heavy atom. The van der Waals surface area contributed by atoms with Gasteiger partial charge in [-0.15, -0.1) is 0 Å². The van der Waals surface area contributed by atoms with Gasteiger partial charge in [0.05, 0.1) is 0 Å². The van der Waals surface area contributed by atoms with Crippen molar-refractivity contribution in [2.24, 2.45) is 5.92 Å². The maximum atomic E-state index is 11.5. The molecular formula is C9H20N2O4S. The van der Waals surface area contributed by atoms with Gasteiger partial charge in [-0.25, -0.2) is 0 Å². The van der Waals surface area contributed by atoms with E-state index in [4.69, 9.17) is 5.11 Å². The van der Waals surface area contributed by atoms with Crippen molar-refractivity contribution in [1.82, 2.24) is 9.44 Å². The Hall–Kier alpha value is -0.660. The minimum absolute atomic E-state index is 0.0999. The van der Waals surface area contributed by atoms with Crippen molar-refractivity contribution < 1.29 is 18.3 Å². The predicted octanol–water partition coefficient (Wildman–Crippen LogP) is 0.318. The molecule has 96 valence electrons. The summed E-state index contributed by atoms with van der Waals surface area (Å²) >= 11 is 0. The molecule has 0 aliphatic carbocycles. The minimum atomic E-state index is -3.75. The van der Waals surface area contributed by atoms with Crippen LogP contribution in [0.25, 0.3) is 0 Å². The van der Waals surface area contributed by atoms with Gasteiger partial charge in [0.25, 0.3) is 10.2 Å². The van der Waals surface area contributed by atoms with Gasteiger partial charge in [-0.1, -0.05) is 13.8 Å². The molecule has 0 bridgehead atoms. The van der Waals surface area contributed by atoms with Gasteiger partial charge in [-0.3, -0.25) is 4.79 Å². The van der Waals surface area contributed by atoms with Crippen LogP contribution in [-0.2, 0) is 15.0 Å². The van der Waals surface area contributed by atoms with Crippen LogP contribution in [0.5, 0.6) is 0 Å². The highest BCUT2D eigenvalue weighted by atomic mass is 32.2. The first kappa shape index (κ1) is 15.3. The predicted molar refractivity (Wildman–Crippen MR) is 61.2 cm³/mol. The molecule has 3 N–H and O–H groups in total. The highest BCUT2D eigenvalue weighted by Gasteiger charge is 2.24. The van der Waals surface area contributed by atoms with Crippen molar-refractivity contribution in [3.8, 4) is 0 Å². The van der Waals surface area contributed by atoms with Gasteiger partial charge in [0.1, 0.15) is 6.04 Å². The largest absolute Gasteiger partial charge is 0.480 e. The lowest BCUT2D eigenvalue weighted by Gasteiger charge is -2.17. The second kappa shape index (κ2) is 6.17. The Morgan fingerprint density at radius 2 is 1.69 bits per heavy atom. The van der Waals surface area contributed by atoms with E-state index in [1.807, 2.05) is 13.8 Å². The highest BCUT2D eigenvalue weighted by molar-refractivity contribution is 7.87. The lowest BCUT2D eigenvalue weighted by Crippen LogP contribution is -2.48. The topological polar surface area (TPSA) is 95.5 Å². The summed E-state index contributed by atoms with van der Waals surface area (Å²) in [4.78, 5) is 10.8. The third-order valence-electron chi connectivity index (χ3n) is 1.69. The van der Waals surface area contributed by atoms with Gasteiger partial charge in [-0.2, -0.15) is 17.9 Å². The van der Waals surface area contributed by atoms with Gasteiger partial charge in [-0.05, 0) is 26.2 Å². The number of hydrogen-bond donors (Lipinski definition) is 3. The molecule has 0 spiro atoms. The third kappa shape index (κ3) is 6.76. The van der Waals surface area contributed by atoms with Crippen LogP contribution in [0.15, 0.2) is 0 Å². The first-order valence-corrected chi connectivity index (χ1v) is 6.64. The Morgan fingerprint density at radius 3 is 2.00 bits per heavy atom. The second-order valence-electron chi connectivity index (χ2n) is 4.41. The highest BCUT2D eigenvalue weighted by Crippen LogP contribution is 2.05. The number of aliphatic carboxylic acids is 1. The molecule has 0 saturated carbocycles. The lowest BCUT2D eigenvalue weighted by atomic mass is 10.1. The average Bonchev–Trinajstić information content (AvgIpc) is 1.98. The average molecular weight is 252 g/mol. The summed E-state index contributed by atoms with van der Waals surface area (Å²) in [5.41, 5.74) is 0. The fourth-order valence-corrected chi connectivity index (χ4v) is 2.46. The molecule has 0 aliphatic heterocycles. The normalized spacial score (nSPS) is 14.4. The molecule has 0 aromatic carbocycles. The molecule has 0 fully saturated rings. The summed E-state index contributed by atoms with van der Waals surface area (Å²) in [5, 5.41) is 8.86. The summed E-state index contributed by atoms with van der Waals surface area (Å²) in [6.07, 6.45) is 0.258. The molecule has 0 unspecified atom stereocenters. The van der Waals surface area contributed by atoms with Gasteiger partial charge in [0.15, 0.2) is 0 Å². The van der Waals surface area contributed by atoms with Crippen LogP contribution in [0.1, 0.15) is 34.1 Å². The molecule has 0 amide bonds. The third-order valence-corrected chi connectivity index (χ3v) is 3.07. The number of carboxylic acid groups (broad SMARTS) is 1. The molecule has 6 nitrogen and oxygen atoms in total. The lowest BCUT2D eigenvalue weighted by molar-refractivity contribution is -0.139. The number of carbonyl (C=O) groups is 1. The van der Waals surface area contributed by atoms with Crippen LogP contribution in [0, 0.1) is 5.92 Å². The van der Waals surface area contributed by atoms with Crippen LogP contribution < -0.4 is 9.44 Å². The molecule has 0 aromatic rings. The first-order valence-electron chi connectivity index (χ1n) is 5.16. The van der Waals surface area contributed by atoms with Crippen molar-refractivity contribution in [1.29, 1.82) is 0 Å². The maximum Gasteiger partial charge on any atom is 0.321 e. The van der Waals surface area contributed by atoms with E-state index in [0.717, 1.165) is 0 Å². The zero-order chi connectivity index (χ0) is 12.9. The van der Waals surface area contributed by atoms with E-state index in [-0.39, 0.29) is 18.4 Å². The summed E-state index contributed by atoms with van der Waals surface area (Å²) in [6.45, 7) is 7.00. The molecule has 0 saturated heterocycles. The molecule has 0 radical (unpaired) electrons. The fourth-order valence-electron chi connectivity index (χ4n) is 1.20. The number of carboxylic acids is 1. The van der Waals surface area contributed by atoms with Crippen LogP contribution in [0.3, 0.4) is 0 Å². The van der Waals surface area contributed by atoms with E-state index < -0.39 is 22.2 Å². The maximum absolute atomic E-state index is 11.5. The van der Waals surface area contributed by atoms with Crippen LogP contribution in [0.4, 0.5) is 0 Å². The van der Waals surface area contributed by atoms with Crippen molar-refractivity contribution in [2.75, 3.05) is 0 Å². The molecular weight excluding hydrogens is 232 g/mol. The second-order valence-corrected chi connectivity index (χ2v) is 5.89. The van der Waals surface area contributed by atoms with Gasteiger partial charge in [0.2, 0.25) is 0 Å².